The summed E-state index contributed by atoms with van der Waals surface area (Å²) in [5.74, 6) is -0.805. The summed E-state index contributed by atoms with van der Waals surface area (Å²) < 4.78 is 4.99. The van der Waals surface area contributed by atoms with Gasteiger partial charge in [-0.2, -0.15) is 0 Å². The lowest BCUT2D eigenvalue weighted by molar-refractivity contribution is -0.136. The Morgan fingerprint density at radius 2 is 2.00 bits per heavy atom. The van der Waals surface area contributed by atoms with Crippen LogP contribution in [0.2, 0.25) is 0 Å². The van der Waals surface area contributed by atoms with Crippen LogP contribution in [0.5, 0.6) is 0 Å². The van der Waals surface area contributed by atoms with E-state index in [2.05, 4.69) is 4.90 Å². The maximum atomic E-state index is 10.5. The number of rotatable bonds is 6. The summed E-state index contributed by atoms with van der Waals surface area (Å²) in [6.45, 7) is 1.49. The SMILES string of the molecule is COCCN(C)c1ccc(CC(=O)O)cc1. The average Bonchev–Trinajstić information content (AvgIpc) is 2.26. The van der Waals surface area contributed by atoms with E-state index in [0.717, 1.165) is 17.8 Å². The molecule has 0 heterocycles. The van der Waals surface area contributed by atoms with Crippen molar-refractivity contribution in [2.24, 2.45) is 0 Å². The van der Waals surface area contributed by atoms with E-state index in [-0.39, 0.29) is 6.42 Å². The van der Waals surface area contributed by atoms with Crippen molar-refractivity contribution in [1.82, 2.24) is 0 Å². The first-order chi connectivity index (χ1) is 7.63. The highest BCUT2D eigenvalue weighted by molar-refractivity contribution is 5.70. The third-order valence-corrected chi connectivity index (χ3v) is 2.36. The van der Waals surface area contributed by atoms with Gasteiger partial charge in [-0.1, -0.05) is 12.1 Å². The molecule has 0 aliphatic rings. The van der Waals surface area contributed by atoms with Crippen LogP contribution in [0.25, 0.3) is 0 Å². The van der Waals surface area contributed by atoms with Crippen molar-refractivity contribution < 1.29 is 14.6 Å². The molecule has 0 saturated heterocycles. The summed E-state index contributed by atoms with van der Waals surface area (Å²) in [5.41, 5.74) is 1.88. The monoisotopic (exact) mass is 223 g/mol. The van der Waals surface area contributed by atoms with Gasteiger partial charge in [-0.3, -0.25) is 4.79 Å². The Balaban J connectivity index is 2.59. The third-order valence-electron chi connectivity index (χ3n) is 2.36. The van der Waals surface area contributed by atoms with E-state index in [0.29, 0.717) is 6.61 Å². The quantitative estimate of drug-likeness (QED) is 0.792. The van der Waals surface area contributed by atoms with Gasteiger partial charge in [-0.25, -0.2) is 0 Å². The number of nitrogens with zero attached hydrogens (tertiary/aromatic N) is 1. The molecular weight excluding hydrogens is 206 g/mol. The molecule has 1 rings (SSSR count). The molecule has 4 heteroatoms. The third kappa shape index (κ3) is 3.90. The van der Waals surface area contributed by atoms with Crippen LogP contribution in [0.3, 0.4) is 0 Å². The molecular formula is C12H17NO3. The zero-order valence-electron chi connectivity index (χ0n) is 9.64. The molecule has 0 aromatic heterocycles. The number of hydrogen-bond acceptors (Lipinski definition) is 3. The fourth-order valence-corrected chi connectivity index (χ4v) is 1.40. The molecule has 1 aromatic rings. The maximum absolute atomic E-state index is 10.5. The predicted molar refractivity (Wildman–Crippen MR) is 62.9 cm³/mol. The number of carboxylic acids is 1. The lowest BCUT2D eigenvalue weighted by Gasteiger charge is -2.18. The second-order valence-corrected chi connectivity index (χ2v) is 3.65. The Hall–Kier alpha value is -1.55. The van der Waals surface area contributed by atoms with Crippen LogP contribution in [-0.2, 0) is 16.0 Å². The number of hydrogen-bond donors (Lipinski definition) is 1. The first-order valence-electron chi connectivity index (χ1n) is 5.14. The van der Waals surface area contributed by atoms with E-state index >= 15 is 0 Å². The Morgan fingerprint density at radius 3 is 2.50 bits per heavy atom. The minimum atomic E-state index is -0.805. The topological polar surface area (TPSA) is 49.8 Å². The van der Waals surface area contributed by atoms with Crippen molar-refractivity contribution in [2.75, 3.05) is 32.2 Å². The molecule has 0 fully saturated rings. The molecule has 16 heavy (non-hydrogen) atoms. The lowest BCUT2D eigenvalue weighted by Crippen LogP contribution is -2.21. The molecule has 1 aromatic carbocycles. The van der Waals surface area contributed by atoms with Gasteiger partial charge in [0.1, 0.15) is 0 Å². The summed E-state index contributed by atoms with van der Waals surface area (Å²) in [6, 6.07) is 7.53. The Morgan fingerprint density at radius 1 is 1.38 bits per heavy atom. The number of anilines is 1. The lowest BCUT2D eigenvalue weighted by atomic mass is 10.1. The van der Waals surface area contributed by atoms with Crippen LogP contribution in [0, 0.1) is 0 Å². The molecule has 88 valence electrons. The number of ether oxygens (including phenoxy) is 1. The normalized spacial score (nSPS) is 10.1. The molecule has 0 unspecified atom stereocenters. The summed E-state index contributed by atoms with van der Waals surface area (Å²) in [5, 5.41) is 8.63. The van der Waals surface area contributed by atoms with Crippen molar-refractivity contribution in [2.45, 2.75) is 6.42 Å². The van der Waals surface area contributed by atoms with Crippen molar-refractivity contribution >= 4 is 11.7 Å². The Labute approximate surface area is 95.5 Å². The molecule has 0 aliphatic carbocycles. The molecule has 0 amide bonds. The Bertz CT molecular complexity index is 335. The van der Waals surface area contributed by atoms with Gasteiger partial charge in [0.05, 0.1) is 13.0 Å². The smallest absolute Gasteiger partial charge is 0.307 e. The van der Waals surface area contributed by atoms with Crippen molar-refractivity contribution in [3.63, 3.8) is 0 Å². The van der Waals surface area contributed by atoms with E-state index in [4.69, 9.17) is 9.84 Å². The van der Waals surface area contributed by atoms with Crippen molar-refractivity contribution in [3.05, 3.63) is 29.8 Å². The molecule has 0 spiro atoms. The van der Waals surface area contributed by atoms with Gasteiger partial charge >= 0.3 is 5.97 Å². The predicted octanol–water partition coefficient (Wildman–Crippen LogP) is 1.40. The van der Waals surface area contributed by atoms with Gasteiger partial charge in [-0.05, 0) is 17.7 Å². The second-order valence-electron chi connectivity index (χ2n) is 3.65. The van der Waals surface area contributed by atoms with Gasteiger partial charge in [-0.15, -0.1) is 0 Å². The molecule has 0 radical (unpaired) electrons. The number of carbonyl (C=O) groups is 1. The zero-order valence-corrected chi connectivity index (χ0v) is 9.64. The van der Waals surface area contributed by atoms with Crippen LogP contribution >= 0.6 is 0 Å². The Kier molecular flexibility index (Phi) is 4.79. The van der Waals surface area contributed by atoms with Crippen LogP contribution in [-0.4, -0.2) is 38.4 Å². The van der Waals surface area contributed by atoms with Crippen molar-refractivity contribution in [1.29, 1.82) is 0 Å². The largest absolute Gasteiger partial charge is 0.481 e. The minimum Gasteiger partial charge on any atom is -0.481 e. The minimum absolute atomic E-state index is 0.0715. The molecule has 0 bridgehead atoms. The highest BCUT2D eigenvalue weighted by Crippen LogP contribution is 2.13. The highest BCUT2D eigenvalue weighted by Gasteiger charge is 2.02. The van der Waals surface area contributed by atoms with Crippen LogP contribution in [0.15, 0.2) is 24.3 Å². The summed E-state index contributed by atoms with van der Waals surface area (Å²) in [4.78, 5) is 12.6. The fraction of sp³-hybridized carbons (Fsp3) is 0.417. The van der Waals surface area contributed by atoms with E-state index in [1.165, 1.54) is 0 Å². The van der Waals surface area contributed by atoms with Crippen LogP contribution in [0.4, 0.5) is 5.69 Å². The van der Waals surface area contributed by atoms with Gasteiger partial charge in [0.15, 0.2) is 0 Å². The zero-order chi connectivity index (χ0) is 12.0. The number of likely N-dealkylation sites (N-methyl/N-ethyl adjacent to an activating group) is 1. The molecule has 0 atom stereocenters. The number of carboxylic acid groups (broad SMARTS) is 1. The maximum Gasteiger partial charge on any atom is 0.307 e. The summed E-state index contributed by atoms with van der Waals surface area (Å²) >= 11 is 0. The summed E-state index contributed by atoms with van der Waals surface area (Å²) in [6.07, 6.45) is 0.0715. The summed E-state index contributed by atoms with van der Waals surface area (Å²) in [7, 11) is 3.65. The van der Waals surface area contributed by atoms with E-state index < -0.39 is 5.97 Å². The van der Waals surface area contributed by atoms with Gasteiger partial charge < -0.3 is 14.7 Å². The van der Waals surface area contributed by atoms with Crippen molar-refractivity contribution in [3.8, 4) is 0 Å². The van der Waals surface area contributed by atoms with Gasteiger partial charge in [0.2, 0.25) is 0 Å². The standard InChI is InChI=1S/C12H17NO3/c1-13(7-8-16-2)11-5-3-10(4-6-11)9-12(14)15/h3-6H,7-9H2,1-2H3,(H,14,15). The molecule has 0 aliphatic heterocycles. The number of methoxy groups -OCH3 is 1. The molecule has 1 N–H and O–H groups in total. The second kappa shape index (κ2) is 6.12. The van der Waals surface area contributed by atoms with E-state index in [9.17, 15) is 4.79 Å². The average molecular weight is 223 g/mol. The van der Waals surface area contributed by atoms with Crippen LogP contribution < -0.4 is 4.90 Å². The van der Waals surface area contributed by atoms with Gasteiger partial charge in [0, 0.05) is 26.4 Å². The van der Waals surface area contributed by atoms with Crippen LogP contribution in [0.1, 0.15) is 5.56 Å². The van der Waals surface area contributed by atoms with Gasteiger partial charge in [0.25, 0.3) is 0 Å². The number of aliphatic carboxylic acids is 1. The molecule has 4 nitrogen and oxygen atoms in total. The van der Waals surface area contributed by atoms with E-state index in [1.54, 1.807) is 7.11 Å². The first-order valence-corrected chi connectivity index (χ1v) is 5.14. The fourth-order valence-electron chi connectivity index (χ4n) is 1.40. The first kappa shape index (κ1) is 12.5. The molecule has 0 saturated carbocycles. The number of benzene rings is 1. The highest BCUT2D eigenvalue weighted by atomic mass is 16.5. The van der Waals surface area contributed by atoms with E-state index in [1.807, 2.05) is 31.3 Å².